The Bertz CT molecular complexity index is 1460. The van der Waals surface area contributed by atoms with Crippen LogP contribution in [0.1, 0.15) is 66.5 Å². The molecule has 6 rings (SSSR count). The smallest absolute Gasteiger partial charge is 0.272 e. The molecule has 8 heteroatoms. The average molecular weight is 472 g/mol. The summed E-state index contributed by atoms with van der Waals surface area (Å²) in [5.74, 6) is -0.467. The SMILES string of the molecule is O=C(NC1CCC(c2n[nH]c(=O)c3ccccc23)CC1)c1ccc(-c2cnn(C3CC3)c2)c(F)c1. The summed E-state index contributed by atoms with van der Waals surface area (Å²) in [5, 5.41) is 15.9. The number of rotatable bonds is 5. The summed E-state index contributed by atoms with van der Waals surface area (Å²) < 4.78 is 16.7. The maximum Gasteiger partial charge on any atom is 0.272 e. The highest BCUT2D eigenvalue weighted by Crippen LogP contribution is 2.36. The summed E-state index contributed by atoms with van der Waals surface area (Å²) in [6, 6.07) is 12.6. The van der Waals surface area contributed by atoms with Gasteiger partial charge in [0.25, 0.3) is 11.5 Å². The highest BCUT2D eigenvalue weighted by atomic mass is 19.1. The number of nitrogens with one attached hydrogen (secondary N) is 2. The second-order valence-corrected chi connectivity index (χ2v) is 9.64. The Morgan fingerprint density at radius 3 is 2.54 bits per heavy atom. The second kappa shape index (κ2) is 8.76. The fourth-order valence-electron chi connectivity index (χ4n) is 5.13. The first-order valence-electron chi connectivity index (χ1n) is 12.2. The Balaban J connectivity index is 1.11. The number of nitrogens with zero attached hydrogens (tertiary/aromatic N) is 3. The van der Waals surface area contributed by atoms with Gasteiger partial charge in [0.1, 0.15) is 5.82 Å². The Labute approximate surface area is 201 Å². The monoisotopic (exact) mass is 471 g/mol. The van der Waals surface area contributed by atoms with Crippen LogP contribution in [0.2, 0.25) is 0 Å². The number of carbonyl (C=O) groups excluding carboxylic acids is 1. The third kappa shape index (κ3) is 4.24. The molecule has 2 aliphatic rings. The Kier molecular flexibility index (Phi) is 5.43. The van der Waals surface area contributed by atoms with Gasteiger partial charge in [-0.1, -0.05) is 24.3 Å². The Morgan fingerprint density at radius 2 is 1.80 bits per heavy atom. The van der Waals surface area contributed by atoms with Crippen molar-refractivity contribution in [2.75, 3.05) is 0 Å². The number of hydrogen-bond acceptors (Lipinski definition) is 4. The summed E-state index contributed by atoms with van der Waals surface area (Å²) in [4.78, 5) is 24.9. The zero-order valence-corrected chi connectivity index (χ0v) is 19.2. The van der Waals surface area contributed by atoms with Crippen molar-refractivity contribution < 1.29 is 9.18 Å². The predicted octanol–water partition coefficient (Wildman–Crippen LogP) is 4.72. The van der Waals surface area contributed by atoms with E-state index in [4.69, 9.17) is 0 Å². The van der Waals surface area contributed by atoms with Crippen LogP contribution in [0.15, 0.2) is 59.7 Å². The molecule has 0 radical (unpaired) electrons. The van der Waals surface area contributed by atoms with Crippen LogP contribution in [-0.2, 0) is 0 Å². The second-order valence-electron chi connectivity index (χ2n) is 9.64. The minimum Gasteiger partial charge on any atom is -0.349 e. The van der Waals surface area contributed by atoms with Crippen molar-refractivity contribution in [1.29, 1.82) is 0 Å². The van der Waals surface area contributed by atoms with Gasteiger partial charge in [-0.05, 0) is 56.7 Å². The summed E-state index contributed by atoms with van der Waals surface area (Å²) in [5.41, 5.74) is 2.22. The first-order chi connectivity index (χ1) is 17.1. The first kappa shape index (κ1) is 21.7. The number of hydrogen-bond donors (Lipinski definition) is 2. The number of halogens is 1. The number of aromatic nitrogens is 4. The summed E-state index contributed by atoms with van der Waals surface area (Å²) in [6.07, 6.45) is 9.08. The molecule has 35 heavy (non-hydrogen) atoms. The molecule has 0 aliphatic heterocycles. The van der Waals surface area contributed by atoms with Gasteiger partial charge in [0.2, 0.25) is 0 Å². The summed E-state index contributed by atoms with van der Waals surface area (Å²) >= 11 is 0. The molecule has 0 saturated heterocycles. The topological polar surface area (TPSA) is 92.7 Å². The molecule has 0 spiro atoms. The van der Waals surface area contributed by atoms with Crippen LogP contribution in [0.4, 0.5) is 4.39 Å². The first-order valence-corrected chi connectivity index (χ1v) is 12.2. The van der Waals surface area contributed by atoms with Gasteiger partial charge in [-0.2, -0.15) is 10.2 Å². The lowest BCUT2D eigenvalue weighted by atomic mass is 9.82. The number of H-pyrrole nitrogens is 1. The van der Waals surface area contributed by atoms with Crippen molar-refractivity contribution >= 4 is 16.7 Å². The van der Waals surface area contributed by atoms with Gasteiger partial charge in [0, 0.05) is 40.2 Å². The number of aromatic amines is 1. The lowest BCUT2D eigenvalue weighted by Crippen LogP contribution is -2.37. The van der Waals surface area contributed by atoms with Crippen LogP contribution < -0.4 is 10.9 Å². The van der Waals surface area contributed by atoms with E-state index < -0.39 is 5.82 Å². The van der Waals surface area contributed by atoms with E-state index in [2.05, 4.69) is 20.6 Å². The van der Waals surface area contributed by atoms with E-state index in [1.807, 2.05) is 35.1 Å². The van der Waals surface area contributed by atoms with Crippen molar-refractivity contribution in [2.45, 2.75) is 56.5 Å². The fraction of sp³-hybridized carbons (Fsp3) is 0.333. The molecular formula is C27H26FN5O2. The van der Waals surface area contributed by atoms with Crippen LogP contribution in [-0.4, -0.2) is 31.9 Å². The quantitative estimate of drug-likeness (QED) is 0.441. The highest BCUT2D eigenvalue weighted by Gasteiger charge is 2.27. The minimum atomic E-state index is -0.423. The van der Waals surface area contributed by atoms with Gasteiger partial charge < -0.3 is 5.32 Å². The van der Waals surface area contributed by atoms with Gasteiger partial charge in [-0.3, -0.25) is 14.3 Å². The van der Waals surface area contributed by atoms with Crippen LogP contribution >= 0.6 is 0 Å². The molecule has 2 aliphatic carbocycles. The summed E-state index contributed by atoms with van der Waals surface area (Å²) in [6.45, 7) is 0. The van der Waals surface area contributed by atoms with E-state index in [9.17, 15) is 14.0 Å². The van der Waals surface area contributed by atoms with Crippen LogP contribution in [0, 0.1) is 5.82 Å². The van der Waals surface area contributed by atoms with Gasteiger partial charge >= 0.3 is 0 Å². The van der Waals surface area contributed by atoms with Crippen molar-refractivity contribution in [3.05, 3.63) is 82.3 Å². The van der Waals surface area contributed by atoms with Gasteiger partial charge in [0.15, 0.2) is 0 Å². The molecule has 2 aromatic carbocycles. The summed E-state index contributed by atoms with van der Waals surface area (Å²) in [7, 11) is 0. The molecule has 2 fully saturated rings. The maximum atomic E-state index is 14.8. The third-order valence-electron chi connectivity index (χ3n) is 7.24. The Morgan fingerprint density at radius 1 is 1.03 bits per heavy atom. The average Bonchev–Trinajstić information content (AvgIpc) is 3.62. The molecule has 0 atom stereocenters. The molecule has 2 N–H and O–H groups in total. The number of carbonyl (C=O) groups is 1. The van der Waals surface area contributed by atoms with Crippen molar-refractivity contribution in [1.82, 2.24) is 25.3 Å². The molecule has 1 amide bonds. The van der Waals surface area contributed by atoms with Crippen LogP contribution in [0.5, 0.6) is 0 Å². The lowest BCUT2D eigenvalue weighted by Gasteiger charge is -2.29. The molecular weight excluding hydrogens is 445 g/mol. The molecule has 2 aromatic heterocycles. The van der Waals surface area contributed by atoms with E-state index >= 15 is 0 Å². The fourth-order valence-corrected chi connectivity index (χ4v) is 5.13. The molecule has 0 unspecified atom stereocenters. The Hall–Kier alpha value is -3.81. The highest BCUT2D eigenvalue weighted by molar-refractivity contribution is 5.95. The lowest BCUT2D eigenvalue weighted by molar-refractivity contribution is 0.0925. The number of fused-ring (bicyclic) bond motifs is 1. The third-order valence-corrected chi connectivity index (χ3v) is 7.24. The van der Waals surface area contributed by atoms with Crippen LogP contribution in [0.3, 0.4) is 0 Å². The van der Waals surface area contributed by atoms with Gasteiger partial charge in [-0.25, -0.2) is 9.49 Å². The standard InChI is InChI=1S/C27H26FN5O2/c28-24-13-17(7-12-21(24)18-14-29-33(15-18)20-10-11-20)26(34)30-19-8-5-16(6-9-19)25-22-3-1-2-4-23(22)27(35)32-31-25/h1-4,7,12-16,19-20H,5-6,8-11H2,(H,30,34)(H,32,35). The molecule has 0 bridgehead atoms. The molecule has 2 saturated carbocycles. The molecule has 2 heterocycles. The van der Waals surface area contributed by atoms with E-state index in [0.29, 0.717) is 22.6 Å². The minimum absolute atomic E-state index is 0.0206. The predicted molar refractivity (Wildman–Crippen MR) is 131 cm³/mol. The van der Waals surface area contributed by atoms with Crippen LogP contribution in [0.25, 0.3) is 21.9 Å². The largest absolute Gasteiger partial charge is 0.349 e. The van der Waals surface area contributed by atoms with Gasteiger partial charge in [-0.15, -0.1) is 0 Å². The zero-order chi connectivity index (χ0) is 23.9. The normalized spacial score (nSPS) is 20.1. The van der Waals surface area contributed by atoms with E-state index in [0.717, 1.165) is 55.2 Å². The maximum absolute atomic E-state index is 14.8. The zero-order valence-electron chi connectivity index (χ0n) is 19.2. The number of amides is 1. The van der Waals surface area contributed by atoms with Crippen molar-refractivity contribution in [3.63, 3.8) is 0 Å². The van der Waals surface area contributed by atoms with E-state index in [-0.39, 0.29) is 23.4 Å². The van der Waals surface area contributed by atoms with E-state index in [1.165, 1.54) is 6.07 Å². The number of benzene rings is 2. The molecule has 4 aromatic rings. The molecule has 7 nitrogen and oxygen atoms in total. The van der Waals surface area contributed by atoms with Crippen molar-refractivity contribution in [2.24, 2.45) is 0 Å². The van der Waals surface area contributed by atoms with Gasteiger partial charge in [0.05, 0.1) is 23.3 Å². The van der Waals surface area contributed by atoms with Crippen molar-refractivity contribution in [3.8, 4) is 11.1 Å². The molecule has 178 valence electrons. The van der Waals surface area contributed by atoms with E-state index in [1.54, 1.807) is 18.3 Å².